The molecule has 0 bridgehead atoms. The Morgan fingerprint density at radius 3 is 3.00 bits per heavy atom. The second-order valence-electron chi connectivity index (χ2n) is 5.57. The van der Waals surface area contributed by atoms with E-state index in [1.54, 1.807) is 18.2 Å². The molecule has 118 valence electrons. The largest absolute Gasteiger partial charge is 0.489 e. The van der Waals surface area contributed by atoms with Gasteiger partial charge in [0.1, 0.15) is 18.5 Å². The average Bonchev–Trinajstić information content (AvgIpc) is 2.87. The fourth-order valence-corrected chi connectivity index (χ4v) is 3.92. The molecule has 2 N–H and O–H groups in total. The standard InChI is InChI=1S/C15H21Cl2NO2S/c1-15(5-2-6-21-15)10-18-8-12(19)9-20-14-7-11(16)3-4-13(14)17/h3-4,7,12,18-19H,2,5-6,8-10H2,1H3. The summed E-state index contributed by atoms with van der Waals surface area (Å²) < 4.78 is 5.82. The number of nitrogens with one attached hydrogen (secondary N) is 1. The first-order chi connectivity index (χ1) is 9.98. The predicted molar refractivity (Wildman–Crippen MR) is 90.9 cm³/mol. The Kier molecular flexibility index (Phi) is 6.51. The van der Waals surface area contributed by atoms with Crippen molar-refractivity contribution in [1.82, 2.24) is 5.32 Å². The molecule has 0 radical (unpaired) electrons. The molecule has 1 aliphatic heterocycles. The summed E-state index contributed by atoms with van der Waals surface area (Å²) in [7, 11) is 0. The van der Waals surface area contributed by atoms with Crippen LogP contribution in [-0.2, 0) is 0 Å². The van der Waals surface area contributed by atoms with Crippen molar-refractivity contribution >= 4 is 35.0 Å². The number of thioether (sulfide) groups is 1. The van der Waals surface area contributed by atoms with Gasteiger partial charge in [0, 0.05) is 28.9 Å². The SMILES string of the molecule is CC1(CNCC(O)COc2cc(Cl)ccc2Cl)CCCS1. The summed E-state index contributed by atoms with van der Waals surface area (Å²) in [6, 6.07) is 5.04. The molecule has 2 rings (SSSR count). The number of rotatable bonds is 7. The highest BCUT2D eigenvalue weighted by molar-refractivity contribution is 8.00. The Morgan fingerprint density at radius 2 is 2.29 bits per heavy atom. The Morgan fingerprint density at radius 1 is 1.48 bits per heavy atom. The third-order valence-electron chi connectivity index (χ3n) is 3.50. The molecule has 1 aromatic rings. The highest BCUT2D eigenvalue weighted by Crippen LogP contribution is 2.36. The molecule has 1 fully saturated rings. The molecule has 21 heavy (non-hydrogen) atoms. The lowest BCUT2D eigenvalue weighted by Crippen LogP contribution is -2.39. The van der Waals surface area contributed by atoms with Gasteiger partial charge in [0.15, 0.2) is 0 Å². The zero-order valence-corrected chi connectivity index (χ0v) is 14.4. The maximum atomic E-state index is 9.96. The lowest BCUT2D eigenvalue weighted by atomic mass is 10.1. The summed E-state index contributed by atoms with van der Waals surface area (Å²) in [5.74, 6) is 1.73. The summed E-state index contributed by atoms with van der Waals surface area (Å²) >= 11 is 13.9. The zero-order valence-electron chi connectivity index (χ0n) is 12.1. The number of hydrogen-bond donors (Lipinski definition) is 2. The first-order valence-electron chi connectivity index (χ1n) is 7.09. The maximum Gasteiger partial charge on any atom is 0.139 e. The first kappa shape index (κ1) is 17.2. The van der Waals surface area contributed by atoms with Crippen molar-refractivity contribution < 1.29 is 9.84 Å². The van der Waals surface area contributed by atoms with Crippen LogP contribution in [0.3, 0.4) is 0 Å². The molecule has 0 aliphatic carbocycles. The van der Waals surface area contributed by atoms with Gasteiger partial charge < -0.3 is 15.2 Å². The molecule has 1 aliphatic rings. The van der Waals surface area contributed by atoms with Gasteiger partial charge in [-0.05, 0) is 37.7 Å². The van der Waals surface area contributed by atoms with Gasteiger partial charge in [0.05, 0.1) is 5.02 Å². The smallest absolute Gasteiger partial charge is 0.139 e. The summed E-state index contributed by atoms with van der Waals surface area (Å²) in [4.78, 5) is 0. The van der Waals surface area contributed by atoms with Gasteiger partial charge in [-0.25, -0.2) is 0 Å². The van der Waals surface area contributed by atoms with E-state index >= 15 is 0 Å². The minimum Gasteiger partial charge on any atom is -0.489 e. The number of ether oxygens (including phenoxy) is 1. The van der Waals surface area contributed by atoms with E-state index in [4.69, 9.17) is 27.9 Å². The normalized spacial score (nSPS) is 23.2. The van der Waals surface area contributed by atoms with Crippen molar-refractivity contribution in [3.63, 3.8) is 0 Å². The monoisotopic (exact) mass is 349 g/mol. The lowest BCUT2D eigenvalue weighted by molar-refractivity contribution is 0.106. The molecule has 2 unspecified atom stereocenters. The minimum absolute atomic E-state index is 0.191. The van der Waals surface area contributed by atoms with Gasteiger partial charge >= 0.3 is 0 Å². The van der Waals surface area contributed by atoms with Crippen LogP contribution < -0.4 is 10.1 Å². The van der Waals surface area contributed by atoms with Gasteiger partial charge in [-0.2, -0.15) is 11.8 Å². The molecule has 2 atom stereocenters. The maximum absolute atomic E-state index is 9.96. The van der Waals surface area contributed by atoms with Crippen molar-refractivity contribution in [2.75, 3.05) is 25.4 Å². The van der Waals surface area contributed by atoms with Crippen molar-refractivity contribution in [3.05, 3.63) is 28.2 Å². The molecule has 1 aromatic carbocycles. The van der Waals surface area contributed by atoms with Crippen molar-refractivity contribution in [2.24, 2.45) is 0 Å². The summed E-state index contributed by atoms with van der Waals surface area (Å²) in [5.41, 5.74) is 0. The van der Waals surface area contributed by atoms with Crippen LogP contribution in [0.5, 0.6) is 5.75 Å². The molecule has 1 heterocycles. The molecule has 6 heteroatoms. The van der Waals surface area contributed by atoms with Crippen LogP contribution in [0.15, 0.2) is 18.2 Å². The number of benzene rings is 1. The Labute approximate surface area is 140 Å². The minimum atomic E-state index is -0.574. The first-order valence-corrected chi connectivity index (χ1v) is 8.83. The molecule has 0 amide bonds. The molecule has 0 saturated carbocycles. The van der Waals surface area contributed by atoms with E-state index < -0.39 is 6.10 Å². The predicted octanol–water partition coefficient (Wildman–Crippen LogP) is 3.61. The third kappa shape index (κ3) is 5.53. The summed E-state index contributed by atoms with van der Waals surface area (Å²) in [5, 5.41) is 14.3. The summed E-state index contributed by atoms with van der Waals surface area (Å²) in [6.07, 6.45) is 1.94. The van der Waals surface area contributed by atoms with E-state index in [0.717, 1.165) is 6.54 Å². The lowest BCUT2D eigenvalue weighted by Gasteiger charge is -2.24. The number of aliphatic hydroxyl groups excluding tert-OH is 1. The fourth-order valence-electron chi connectivity index (χ4n) is 2.31. The second-order valence-corrected chi connectivity index (χ2v) is 8.10. The van der Waals surface area contributed by atoms with Gasteiger partial charge in [0.25, 0.3) is 0 Å². The molecule has 1 saturated heterocycles. The third-order valence-corrected chi connectivity index (χ3v) is 5.59. The fraction of sp³-hybridized carbons (Fsp3) is 0.600. The van der Waals surface area contributed by atoms with Crippen molar-refractivity contribution in [2.45, 2.75) is 30.6 Å². The Balaban J connectivity index is 1.69. The highest BCUT2D eigenvalue weighted by atomic mass is 35.5. The average molecular weight is 350 g/mol. The van der Waals surface area contributed by atoms with E-state index in [1.165, 1.54) is 18.6 Å². The Hall–Kier alpha value is -0.130. The van der Waals surface area contributed by atoms with Crippen LogP contribution in [-0.4, -0.2) is 41.4 Å². The highest BCUT2D eigenvalue weighted by Gasteiger charge is 2.28. The topological polar surface area (TPSA) is 41.5 Å². The summed E-state index contributed by atoms with van der Waals surface area (Å²) in [6.45, 7) is 3.88. The quantitative estimate of drug-likeness (QED) is 0.788. The van der Waals surface area contributed by atoms with Crippen molar-refractivity contribution in [1.29, 1.82) is 0 Å². The van der Waals surface area contributed by atoms with E-state index in [2.05, 4.69) is 12.2 Å². The number of hydrogen-bond acceptors (Lipinski definition) is 4. The van der Waals surface area contributed by atoms with Crippen LogP contribution in [0, 0.1) is 0 Å². The number of halogens is 2. The van der Waals surface area contributed by atoms with Gasteiger partial charge in [-0.15, -0.1) is 0 Å². The molecular formula is C15H21Cl2NO2S. The molecule has 0 aromatic heterocycles. The van der Waals surface area contributed by atoms with Crippen LogP contribution >= 0.6 is 35.0 Å². The van der Waals surface area contributed by atoms with Crippen LogP contribution in [0.4, 0.5) is 0 Å². The molecule has 3 nitrogen and oxygen atoms in total. The van der Waals surface area contributed by atoms with Crippen LogP contribution in [0.25, 0.3) is 0 Å². The van der Waals surface area contributed by atoms with Crippen LogP contribution in [0.2, 0.25) is 10.0 Å². The van der Waals surface area contributed by atoms with E-state index in [-0.39, 0.29) is 6.61 Å². The van der Waals surface area contributed by atoms with Crippen molar-refractivity contribution in [3.8, 4) is 5.75 Å². The van der Waals surface area contributed by atoms with E-state index in [1.807, 2.05) is 11.8 Å². The van der Waals surface area contributed by atoms with Gasteiger partial charge in [-0.1, -0.05) is 23.2 Å². The van der Waals surface area contributed by atoms with Crippen LogP contribution in [0.1, 0.15) is 19.8 Å². The van der Waals surface area contributed by atoms with Gasteiger partial charge in [0.2, 0.25) is 0 Å². The Bertz CT molecular complexity index is 467. The zero-order chi connectivity index (χ0) is 15.3. The molecule has 0 spiro atoms. The second kappa shape index (κ2) is 7.93. The van der Waals surface area contributed by atoms with Gasteiger partial charge in [-0.3, -0.25) is 0 Å². The van der Waals surface area contributed by atoms with E-state index in [9.17, 15) is 5.11 Å². The number of aliphatic hydroxyl groups is 1. The molecular weight excluding hydrogens is 329 g/mol. The van der Waals surface area contributed by atoms with E-state index in [0.29, 0.717) is 27.1 Å².